The second-order valence-corrected chi connectivity index (χ2v) is 8.01. The minimum atomic E-state index is -3.41. The SMILES string of the molecule is Cc1ccc(CCl)cc1S(=O)(=O)N1CCC(C)C(C)C1. The maximum absolute atomic E-state index is 12.8. The van der Waals surface area contributed by atoms with Crippen LogP contribution in [-0.4, -0.2) is 25.8 Å². The number of nitrogens with zero attached hydrogens (tertiary/aromatic N) is 1. The largest absolute Gasteiger partial charge is 0.243 e. The Morgan fingerprint density at radius 3 is 2.60 bits per heavy atom. The maximum Gasteiger partial charge on any atom is 0.243 e. The lowest BCUT2D eigenvalue weighted by Gasteiger charge is -2.34. The minimum Gasteiger partial charge on any atom is -0.207 e. The normalized spacial score (nSPS) is 24.8. The van der Waals surface area contributed by atoms with Crippen molar-refractivity contribution in [2.75, 3.05) is 13.1 Å². The number of sulfonamides is 1. The van der Waals surface area contributed by atoms with Gasteiger partial charge in [-0.15, -0.1) is 11.6 Å². The number of halogens is 1. The average molecular weight is 316 g/mol. The van der Waals surface area contributed by atoms with Gasteiger partial charge < -0.3 is 0 Å². The highest BCUT2D eigenvalue weighted by Gasteiger charge is 2.32. The van der Waals surface area contributed by atoms with Crippen molar-refractivity contribution in [2.45, 2.75) is 38.0 Å². The van der Waals surface area contributed by atoms with Crippen LogP contribution < -0.4 is 0 Å². The number of alkyl halides is 1. The van der Waals surface area contributed by atoms with Crippen LogP contribution in [0.5, 0.6) is 0 Å². The number of hydrogen-bond donors (Lipinski definition) is 0. The third-order valence-electron chi connectivity index (χ3n) is 4.32. The predicted molar refractivity (Wildman–Crippen MR) is 82.4 cm³/mol. The smallest absolute Gasteiger partial charge is 0.207 e. The van der Waals surface area contributed by atoms with Crippen molar-refractivity contribution in [1.29, 1.82) is 0 Å². The molecule has 0 N–H and O–H groups in total. The molecule has 20 heavy (non-hydrogen) atoms. The zero-order valence-electron chi connectivity index (χ0n) is 12.3. The van der Waals surface area contributed by atoms with Gasteiger partial charge in [0.05, 0.1) is 4.90 Å². The van der Waals surface area contributed by atoms with Crippen LogP contribution in [0.15, 0.2) is 23.1 Å². The van der Waals surface area contributed by atoms with Crippen molar-refractivity contribution < 1.29 is 8.42 Å². The minimum absolute atomic E-state index is 0.330. The number of piperidine rings is 1. The second kappa shape index (κ2) is 6.04. The fraction of sp³-hybridized carbons (Fsp3) is 0.600. The molecule has 3 nitrogen and oxygen atoms in total. The van der Waals surface area contributed by atoms with Gasteiger partial charge in [-0.1, -0.05) is 26.0 Å². The van der Waals surface area contributed by atoms with Gasteiger partial charge in [-0.3, -0.25) is 0 Å². The van der Waals surface area contributed by atoms with Crippen molar-refractivity contribution in [1.82, 2.24) is 4.31 Å². The van der Waals surface area contributed by atoms with Crippen LogP contribution in [0.3, 0.4) is 0 Å². The molecule has 1 aliphatic rings. The summed E-state index contributed by atoms with van der Waals surface area (Å²) in [6.45, 7) is 7.36. The molecule has 0 saturated carbocycles. The standard InChI is InChI=1S/C15H22ClNO2S/c1-11-6-7-17(10-13(11)3)20(18,19)15-8-14(9-16)5-4-12(15)2/h4-5,8,11,13H,6-7,9-10H2,1-3H3. The lowest BCUT2D eigenvalue weighted by Crippen LogP contribution is -2.42. The molecule has 1 saturated heterocycles. The quantitative estimate of drug-likeness (QED) is 0.802. The lowest BCUT2D eigenvalue weighted by atomic mass is 9.90. The summed E-state index contributed by atoms with van der Waals surface area (Å²) < 4.78 is 27.2. The molecule has 2 rings (SSSR count). The first-order valence-electron chi connectivity index (χ1n) is 7.02. The van der Waals surface area contributed by atoms with Gasteiger partial charge in [0.1, 0.15) is 0 Å². The van der Waals surface area contributed by atoms with E-state index in [0.29, 0.717) is 35.7 Å². The molecule has 0 radical (unpaired) electrons. The Labute approximate surface area is 127 Å². The summed E-state index contributed by atoms with van der Waals surface area (Å²) in [5.74, 6) is 1.31. The summed E-state index contributed by atoms with van der Waals surface area (Å²) in [5.41, 5.74) is 1.62. The Bertz CT molecular complexity index is 586. The molecule has 0 amide bonds. The molecule has 0 spiro atoms. The number of benzene rings is 1. The van der Waals surface area contributed by atoms with Gasteiger partial charge in [-0.25, -0.2) is 8.42 Å². The summed E-state index contributed by atoms with van der Waals surface area (Å²) >= 11 is 5.82. The summed E-state index contributed by atoms with van der Waals surface area (Å²) in [6.07, 6.45) is 0.925. The molecular weight excluding hydrogens is 294 g/mol. The molecule has 1 aliphatic heterocycles. The third kappa shape index (κ3) is 3.02. The van der Waals surface area contributed by atoms with Crippen molar-refractivity contribution in [3.63, 3.8) is 0 Å². The van der Waals surface area contributed by atoms with Gasteiger partial charge in [0, 0.05) is 19.0 Å². The monoisotopic (exact) mass is 315 g/mol. The van der Waals surface area contributed by atoms with Gasteiger partial charge in [0.2, 0.25) is 10.0 Å². The maximum atomic E-state index is 12.8. The Kier molecular flexibility index (Phi) is 4.77. The van der Waals surface area contributed by atoms with Gasteiger partial charge in [0.15, 0.2) is 0 Å². The van der Waals surface area contributed by atoms with E-state index in [0.717, 1.165) is 17.5 Å². The van der Waals surface area contributed by atoms with Gasteiger partial charge in [0.25, 0.3) is 0 Å². The van der Waals surface area contributed by atoms with Gasteiger partial charge >= 0.3 is 0 Å². The first-order valence-corrected chi connectivity index (χ1v) is 8.99. The molecular formula is C15H22ClNO2S. The van der Waals surface area contributed by atoms with Crippen LogP contribution in [0, 0.1) is 18.8 Å². The zero-order valence-corrected chi connectivity index (χ0v) is 13.8. The highest BCUT2D eigenvalue weighted by molar-refractivity contribution is 7.89. The van der Waals surface area contributed by atoms with Crippen LogP contribution in [0.1, 0.15) is 31.4 Å². The van der Waals surface area contributed by atoms with Crippen molar-refractivity contribution >= 4 is 21.6 Å². The number of rotatable bonds is 3. The lowest BCUT2D eigenvalue weighted by molar-refractivity contribution is 0.212. The van der Waals surface area contributed by atoms with E-state index >= 15 is 0 Å². The molecule has 2 unspecified atom stereocenters. The second-order valence-electron chi connectivity index (χ2n) is 5.84. The Balaban J connectivity index is 2.35. The van der Waals surface area contributed by atoms with Crippen LogP contribution >= 0.6 is 11.6 Å². The van der Waals surface area contributed by atoms with E-state index in [2.05, 4.69) is 13.8 Å². The van der Waals surface area contributed by atoms with E-state index in [1.807, 2.05) is 19.1 Å². The van der Waals surface area contributed by atoms with E-state index in [4.69, 9.17) is 11.6 Å². The Morgan fingerprint density at radius 1 is 1.30 bits per heavy atom. The van der Waals surface area contributed by atoms with Crippen molar-refractivity contribution in [3.05, 3.63) is 29.3 Å². The number of aryl methyl sites for hydroxylation is 1. The van der Waals surface area contributed by atoms with Crippen molar-refractivity contribution in [3.8, 4) is 0 Å². The van der Waals surface area contributed by atoms with E-state index in [9.17, 15) is 8.42 Å². The molecule has 0 aliphatic carbocycles. The van der Waals surface area contributed by atoms with Gasteiger partial charge in [-0.05, 0) is 42.4 Å². The fourth-order valence-corrected chi connectivity index (χ4v) is 4.58. The van der Waals surface area contributed by atoms with Crippen LogP contribution in [0.25, 0.3) is 0 Å². The average Bonchev–Trinajstić information content (AvgIpc) is 2.42. The van der Waals surface area contributed by atoms with E-state index in [1.165, 1.54) is 0 Å². The molecule has 112 valence electrons. The molecule has 1 fully saturated rings. The summed E-state index contributed by atoms with van der Waals surface area (Å²) in [7, 11) is -3.41. The highest BCUT2D eigenvalue weighted by atomic mass is 35.5. The number of hydrogen-bond acceptors (Lipinski definition) is 2. The first-order chi connectivity index (χ1) is 9.36. The molecule has 2 atom stereocenters. The topological polar surface area (TPSA) is 37.4 Å². The molecule has 1 aromatic rings. The Hall–Kier alpha value is -0.580. The molecule has 1 aromatic carbocycles. The zero-order chi connectivity index (χ0) is 14.9. The van der Waals surface area contributed by atoms with E-state index in [1.54, 1.807) is 10.4 Å². The molecule has 0 aromatic heterocycles. The summed E-state index contributed by atoms with van der Waals surface area (Å²) in [6, 6.07) is 5.42. The van der Waals surface area contributed by atoms with E-state index < -0.39 is 10.0 Å². The molecule has 1 heterocycles. The summed E-state index contributed by atoms with van der Waals surface area (Å²) in [5, 5.41) is 0. The third-order valence-corrected chi connectivity index (χ3v) is 6.64. The van der Waals surface area contributed by atoms with Gasteiger partial charge in [-0.2, -0.15) is 4.31 Å². The first kappa shape index (κ1) is 15.8. The van der Waals surface area contributed by atoms with Crippen LogP contribution in [-0.2, 0) is 15.9 Å². The van der Waals surface area contributed by atoms with Crippen molar-refractivity contribution in [2.24, 2.45) is 11.8 Å². The predicted octanol–water partition coefficient (Wildman–Crippen LogP) is 3.40. The van der Waals surface area contributed by atoms with Crippen LogP contribution in [0.4, 0.5) is 0 Å². The fourth-order valence-electron chi connectivity index (χ4n) is 2.59. The van der Waals surface area contributed by atoms with E-state index in [-0.39, 0.29) is 0 Å². The molecule has 0 bridgehead atoms. The highest BCUT2D eigenvalue weighted by Crippen LogP contribution is 2.29. The Morgan fingerprint density at radius 2 is 2.00 bits per heavy atom. The van der Waals surface area contributed by atoms with Crippen LogP contribution in [0.2, 0.25) is 0 Å². The molecule has 5 heteroatoms. The summed E-state index contributed by atoms with van der Waals surface area (Å²) in [4.78, 5) is 0.400.